The van der Waals surface area contributed by atoms with Gasteiger partial charge in [0.15, 0.2) is 0 Å². The van der Waals surface area contributed by atoms with Crippen LogP contribution in [0.3, 0.4) is 0 Å². The zero-order valence-electron chi connectivity index (χ0n) is 11.5. The fourth-order valence-corrected chi connectivity index (χ4v) is 3.68. The lowest BCUT2D eigenvalue weighted by atomic mass is 10.0. The van der Waals surface area contributed by atoms with E-state index in [1.165, 1.54) is 22.0 Å². The van der Waals surface area contributed by atoms with Crippen molar-refractivity contribution < 1.29 is 4.39 Å². The molecule has 3 aromatic rings. The largest absolute Gasteiger partial charge is 0.207 e. The van der Waals surface area contributed by atoms with Gasteiger partial charge in [0.05, 0.1) is 8.07 Å². The van der Waals surface area contributed by atoms with Crippen LogP contribution in [-0.2, 0) is 0 Å². The third-order valence-electron chi connectivity index (χ3n) is 3.66. The molecule has 0 radical (unpaired) electrons. The second-order valence-electron chi connectivity index (χ2n) is 6.12. The van der Waals surface area contributed by atoms with E-state index >= 15 is 0 Å². The van der Waals surface area contributed by atoms with E-state index in [4.69, 9.17) is 0 Å². The molecule has 0 nitrogen and oxygen atoms in total. The second-order valence-corrected chi connectivity index (χ2v) is 11.2. The third kappa shape index (κ3) is 2.17. The monoisotopic (exact) mass is 268 g/mol. The number of rotatable bonds is 1. The molecule has 0 aliphatic heterocycles. The molecule has 19 heavy (non-hydrogen) atoms. The molecule has 0 heterocycles. The summed E-state index contributed by atoms with van der Waals surface area (Å²) >= 11 is 0. The number of hydrogen-bond acceptors (Lipinski definition) is 0. The minimum Gasteiger partial charge on any atom is -0.207 e. The predicted molar refractivity (Wildman–Crippen MR) is 84.4 cm³/mol. The summed E-state index contributed by atoms with van der Waals surface area (Å²) in [6, 6.07) is 15.8. The Labute approximate surface area is 113 Å². The average Bonchev–Trinajstić information content (AvgIpc) is 2.36. The summed E-state index contributed by atoms with van der Waals surface area (Å²) in [6.45, 7) is 7.06. The van der Waals surface area contributed by atoms with Gasteiger partial charge in [0.25, 0.3) is 0 Å². The van der Waals surface area contributed by atoms with E-state index in [1.54, 1.807) is 6.07 Å². The van der Waals surface area contributed by atoms with Gasteiger partial charge >= 0.3 is 0 Å². The number of halogens is 1. The van der Waals surface area contributed by atoms with E-state index < -0.39 is 8.07 Å². The van der Waals surface area contributed by atoms with Crippen LogP contribution in [0.25, 0.3) is 21.5 Å². The molecule has 96 valence electrons. The lowest BCUT2D eigenvalue weighted by Crippen LogP contribution is -2.37. The van der Waals surface area contributed by atoms with Crippen LogP contribution in [0.5, 0.6) is 0 Å². The van der Waals surface area contributed by atoms with Crippen LogP contribution in [0.2, 0.25) is 19.6 Å². The number of fused-ring (bicyclic) bond motifs is 3. The Morgan fingerprint density at radius 2 is 1.32 bits per heavy atom. The molecule has 0 saturated carbocycles. The first kappa shape index (κ1) is 12.4. The first-order chi connectivity index (χ1) is 8.95. The van der Waals surface area contributed by atoms with Crippen molar-refractivity contribution >= 4 is 34.8 Å². The van der Waals surface area contributed by atoms with E-state index in [9.17, 15) is 4.39 Å². The van der Waals surface area contributed by atoms with E-state index in [0.717, 1.165) is 10.8 Å². The van der Waals surface area contributed by atoms with Gasteiger partial charge in [0, 0.05) is 0 Å². The molecule has 0 spiro atoms. The predicted octanol–water partition coefficient (Wildman–Crippen LogP) is 4.68. The summed E-state index contributed by atoms with van der Waals surface area (Å²) in [5, 5.41) is 6.01. The van der Waals surface area contributed by atoms with E-state index in [1.807, 2.05) is 12.1 Å². The van der Waals surface area contributed by atoms with Crippen molar-refractivity contribution in [3.8, 4) is 0 Å². The molecule has 3 rings (SSSR count). The molecule has 0 N–H and O–H groups in total. The van der Waals surface area contributed by atoms with E-state index in [-0.39, 0.29) is 5.82 Å². The van der Waals surface area contributed by atoms with E-state index in [2.05, 4.69) is 43.9 Å². The van der Waals surface area contributed by atoms with Crippen molar-refractivity contribution in [1.82, 2.24) is 0 Å². The van der Waals surface area contributed by atoms with Crippen LogP contribution < -0.4 is 5.19 Å². The highest BCUT2D eigenvalue weighted by Crippen LogP contribution is 2.25. The van der Waals surface area contributed by atoms with Gasteiger partial charge < -0.3 is 0 Å². The van der Waals surface area contributed by atoms with Crippen molar-refractivity contribution in [1.29, 1.82) is 0 Å². The molecule has 0 bridgehead atoms. The smallest absolute Gasteiger partial charge is 0.123 e. The van der Waals surface area contributed by atoms with Crippen LogP contribution in [0.1, 0.15) is 0 Å². The molecular weight excluding hydrogens is 251 g/mol. The van der Waals surface area contributed by atoms with E-state index in [0.29, 0.717) is 0 Å². The lowest BCUT2D eigenvalue weighted by molar-refractivity contribution is 0.630. The normalized spacial score (nSPS) is 12.2. The standard InChI is InChI=1S/C17H17FSi/c1-19(2,3)15-7-9-17-13(11-15)5-4-12-10-14(18)6-8-16(12)17/h4-11H,1-3H3. The molecule has 0 saturated heterocycles. The van der Waals surface area contributed by atoms with Crippen molar-refractivity contribution in [2.24, 2.45) is 0 Å². The molecule has 0 atom stereocenters. The highest BCUT2D eigenvalue weighted by atomic mass is 28.3. The van der Waals surface area contributed by atoms with Crippen molar-refractivity contribution in [2.75, 3.05) is 0 Å². The molecule has 2 heteroatoms. The van der Waals surface area contributed by atoms with Crippen LogP contribution in [-0.4, -0.2) is 8.07 Å². The highest BCUT2D eigenvalue weighted by Gasteiger charge is 2.16. The molecule has 0 amide bonds. The summed E-state index contributed by atoms with van der Waals surface area (Å²) in [4.78, 5) is 0. The fourth-order valence-electron chi connectivity index (χ4n) is 2.51. The first-order valence-electron chi connectivity index (χ1n) is 6.58. The Morgan fingerprint density at radius 3 is 1.95 bits per heavy atom. The Hall–Kier alpha value is -1.67. The molecule has 0 aliphatic carbocycles. The topological polar surface area (TPSA) is 0 Å². The summed E-state index contributed by atoms with van der Waals surface area (Å²) in [5.74, 6) is -0.175. The quantitative estimate of drug-likeness (QED) is 0.444. The van der Waals surface area contributed by atoms with Gasteiger partial charge in [-0.05, 0) is 33.7 Å². The minimum absolute atomic E-state index is 0.175. The Kier molecular flexibility index (Phi) is 2.71. The summed E-state index contributed by atoms with van der Waals surface area (Å²) in [7, 11) is -1.29. The van der Waals surface area contributed by atoms with Gasteiger partial charge in [-0.2, -0.15) is 0 Å². The first-order valence-corrected chi connectivity index (χ1v) is 10.1. The van der Waals surface area contributed by atoms with Crippen LogP contribution in [0, 0.1) is 5.82 Å². The molecule has 3 aromatic carbocycles. The SMILES string of the molecule is C[Si](C)(C)c1ccc2c(ccc3cc(F)ccc32)c1. The van der Waals surface area contributed by atoms with Crippen LogP contribution >= 0.6 is 0 Å². The maximum Gasteiger partial charge on any atom is 0.123 e. The Balaban J connectivity index is 2.33. The van der Waals surface area contributed by atoms with Crippen molar-refractivity contribution in [3.05, 3.63) is 54.3 Å². The van der Waals surface area contributed by atoms with Crippen LogP contribution in [0.4, 0.5) is 4.39 Å². The highest BCUT2D eigenvalue weighted by molar-refractivity contribution is 6.88. The molecule has 0 aromatic heterocycles. The van der Waals surface area contributed by atoms with Gasteiger partial charge in [-0.25, -0.2) is 4.39 Å². The van der Waals surface area contributed by atoms with Gasteiger partial charge in [-0.15, -0.1) is 0 Å². The molecule has 0 fully saturated rings. The minimum atomic E-state index is -1.29. The lowest BCUT2D eigenvalue weighted by Gasteiger charge is -2.17. The fraction of sp³-hybridized carbons (Fsp3) is 0.176. The summed E-state index contributed by atoms with van der Waals surface area (Å²) in [5.41, 5.74) is 0. The van der Waals surface area contributed by atoms with Gasteiger partial charge in [-0.1, -0.05) is 61.2 Å². The van der Waals surface area contributed by atoms with Crippen LogP contribution in [0.15, 0.2) is 48.5 Å². The maximum atomic E-state index is 13.3. The van der Waals surface area contributed by atoms with Crippen molar-refractivity contribution in [2.45, 2.75) is 19.6 Å². The van der Waals surface area contributed by atoms with Gasteiger partial charge in [-0.3, -0.25) is 0 Å². The van der Waals surface area contributed by atoms with Gasteiger partial charge in [0.2, 0.25) is 0 Å². The Morgan fingerprint density at radius 1 is 0.737 bits per heavy atom. The summed E-state index contributed by atoms with van der Waals surface area (Å²) in [6.07, 6.45) is 0. The maximum absolute atomic E-state index is 13.3. The molecule has 0 unspecified atom stereocenters. The zero-order chi connectivity index (χ0) is 13.6. The molecular formula is C17H17FSi. The number of benzene rings is 3. The van der Waals surface area contributed by atoms with Gasteiger partial charge in [0.1, 0.15) is 5.82 Å². The number of hydrogen-bond donors (Lipinski definition) is 0. The second kappa shape index (κ2) is 4.17. The van der Waals surface area contributed by atoms with Crippen molar-refractivity contribution in [3.63, 3.8) is 0 Å². The average molecular weight is 268 g/mol. The molecule has 0 aliphatic rings. The summed E-state index contributed by atoms with van der Waals surface area (Å²) < 4.78 is 13.3. The Bertz CT molecular complexity index is 769. The third-order valence-corrected chi connectivity index (χ3v) is 5.71. The zero-order valence-corrected chi connectivity index (χ0v) is 12.5.